The summed E-state index contributed by atoms with van der Waals surface area (Å²) in [5.41, 5.74) is -0.0406. The third kappa shape index (κ3) is 5.40. The molecule has 2 fully saturated rings. The van der Waals surface area contributed by atoms with Gasteiger partial charge in [0.25, 0.3) is 0 Å². The van der Waals surface area contributed by atoms with E-state index in [1.54, 1.807) is 49.7 Å². The summed E-state index contributed by atoms with van der Waals surface area (Å²) in [6.45, 7) is 4.80. The van der Waals surface area contributed by atoms with Crippen LogP contribution in [0.3, 0.4) is 0 Å². The lowest BCUT2D eigenvalue weighted by Gasteiger charge is -2.43. The van der Waals surface area contributed by atoms with Crippen molar-refractivity contribution in [2.24, 2.45) is 10.8 Å². The van der Waals surface area contributed by atoms with E-state index in [1.165, 1.54) is 11.1 Å². The number of nitrogens with zero attached hydrogens (tertiary/aromatic N) is 4. The Morgan fingerprint density at radius 3 is 2.46 bits per heavy atom. The summed E-state index contributed by atoms with van der Waals surface area (Å²) >= 11 is 0. The summed E-state index contributed by atoms with van der Waals surface area (Å²) < 4.78 is 40.6. The van der Waals surface area contributed by atoms with Crippen LogP contribution in [-0.4, -0.2) is 57.0 Å². The van der Waals surface area contributed by atoms with Gasteiger partial charge in [0.05, 0.1) is 17.8 Å². The van der Waals surface area contributed by atoms with Crippen LogP contribution in [0.1, 0.15) is 58.1 Å². The molecule has 4 rings (SSSR count). The van der Waals surface area contributed by atoms with Gasteiger partial charge in [0.15, 0.2) is 0 Å². The number of aromatic nitrogens is 2. The summed E-state index contributed by atoms with van der Waals surface area (Å²) in [4.78, 5) is 40.1. The second kappa shape index (κ2) is 9.36. The largest absolute Gasteiger partial charge is 0.471 e. The minimum atomic E-state index is -5.16. The number of carbonyl (C=O) groups is 3. The Morgan fingerprint density at radius 2 is 1.86 bits per heavy atom. The molecule has 0 radical (unpaired) electrons. The van der Waals surface area contributed by atoms with E-state index in [0.717, 1.165) is 12.8 Å². The maximum atomic E-state index is 13.6. The predicted molar refractivity (Wildman–Crippen MR) is 126 cm³/mol. The summed E-state index contributed by atoms with van der Waals surface area (Å²) in [6, 6.07) is 3.82. The van der Waals surface area contributed by atoms with Crippen LogP contribution in [0.25, 0.3) is 5.52 Å². The Kier molecular flexibility index (Phi) is 6.69. The highest BCUT2D eigenvalue weighted by molar-refractivity contribution is 5.94. The van der Waals surface area contributed by atoms with E-state index in [9.17, 15) is 32.8 Å². The van der Waals surface area contributed by atoms with Gasteiger partial charge in [0, 0.05) is 18.3 Å². The first-order valence-corrected chi connectivity index (χ1v) is 12.1. The van der Waals surface area contributed by atoms with Crippen LogP contribution >= 0.6 is 0 Å². The zero-order chi connectivity index (χ0) is 27.2. The molecule has 2 aliphatic rings. The average Bonchev–Trinajstić information content (AvgIpc) is 3.44. The van der Waals surface area contributed by atoms with Gasteiger partial charge in [-0.3, -0.25) is 14.4 Å². The molecule has 1 saturated heterocycles. The molecule has 3 amide bonds. The molecule has 9 nitrogen and oxygen atoms in total. The van der Waals surface area contributed by atoms with E-state index < -0.39 is 47.4 Å². The van der Waals surface area contributed by atoms with E-state index in [0.29, 0.717) is 23.9 Å². The number of pyridine rings is 1. The molecule has 1 unspecified atom stereocenters. The van der Waals surface area contributed by atoms with Gasteiger partial charge < -0.3 is 15.5 Å². The molecular formula is C25H29F3N6O3. The van der Waals surface area contributed by atoms with Crippen molar-refractivity contribution in [2.75, 3.05) is 6.54 Å². The summed E-state index contributed by atoms with van der Waals surface area (Å²) in [5.74, 6) is -3.55. The van der Waals surface area contributed by atoms with Gasteiger partial charge in [-0.05, 0) is 48.6 Å². The number of rotatable bonds is 5. The highest BCUT2D eigenvalue weighted by atomic mass is 19.4. The maximum Gasteiger partial charge on any atom is 0.471 e. The van der Waals surface area contributed by atoms with E-state index in [4.69, 9.17) is 0 Å². The first-order valence-electron chi connectivity index (χ1n) is 12.1. The van der Waals surface area contributed by atoms with Crippen LogP contribution in [0.5, 0.6) is 0 Å². The number of nitriles is 1. The topological polar surface area (TPSA) is 120 Å². The Hall–Kier alpha value is -3.62. The molecule has 37 heavy (non-hydrogen) atoms. The van der Waals surface area contributed by atoms with E-state index in [-0.39, 0.29) is 12.0 Å². The lowest BCUT2D eigenvalue weighted by Crippen LogP contribution is -2.62. The van der Waals surface area contributed by atoms with Crippen molar-refractivity contribution in [3.05, 3.63) is 36.2 Å². The lowest BCUT2D eigenvalue weighted by molar-refractivity contribution is -0.176. The van der Waals surface area contributed by atoms with Gasteiger partial charge in [-0.15, -0.1) is 0 Å². The summed E-state index contributed by atoms with van der Waals surface area (Å²) in [7, 11) is 0. The van der Waals surface area contributed by atoms with Crippen molar-refractivity contribution < 1.29 is 27.6 Å². The molecule has 3 heterocycles. The number of hydrogen-bond donors (Lipinski definition) is 2. The normalized spacial score (nSPS) is 20.7. The smallest absolute Gasteiger partial charge is 0.336 e. The number of nitrogens with one attached hydrogen (secondary N) is 2. The van der Waals surface area contributed by atoms with E-state index in [1.807, 2.05) is 5.32 Å². The number of fused-ring (bicyclic) bond motifs is 1. The van der Waals surface area contributed by atoms with E-state index >= 15 is 0 Å². The minimum Gasteiger partial charge on any atom is -0.336 e. The fourth-order valence-electron chi connectivity index (χ4n) is 4.89. The number of amides is 3. The van der Waals surface area contributed by atoms with Crippen LogP contribution in [-0.2, 0) is 14.4 Å². The molecule has 1 spiro atoms. The van der Waals surface area contributed by atoms with Crippen molar-refractivity contribution in [1.82, 2.24) is 25.1 Å². The number of alkyl halides is 3. The molecule has 1 aliphatic heterocycles. The van der Waals surface area contributed by atoms with Gasteiger partial charge in [0.2, 0.25) is 11.8 Å². The first-order chi connectivity index (χ1) is 17.3. The van der Waals surface area contributed by atoms with Crippen molar-refractivity contribution in [3.8, 4) is 6.07 Å². The predicted octanol–water partition coefficient (Wildman–Crippen LogP) is 2.88. The number of likely N-dealkylation sites (tertiary alicyclic amines) is 1. The van der Waals surface area contributed by atoms with Gasteiger partial charge in [-0.25, -0.2) is 4.52 Å². The van der Waals surface area contributed by atoms with Crippen molar-refractivity contribution in [3.63, 3.8) is 0 Å². The third-order valence-electron chi connectivity index (χ3n) is 7.26. The minimum absolute atomic E-state index is 0.0994. The zero-order valence-corrected chi connectivity index (χ0v) is 20.8. The van der Waals surface area contributed by atoms with Gasteiger partial charge in [-0.2, -0.15) is 23.5 Å². The monoisotopic (exact) mass is 518 g/mol. The van der Waals surface area contributed by atoms with Crippen LogP contribution in [0.4, 0.5) is 13.2 Å². The maximum absolute atomic E-state index is 13.6. The molecule has 2 N–H and O–H groups in total. The molecule has 0 aromatic carbocycles. The highest BCUT2D eigenvalue weighted by Gasteiger charge is 2.53. The molecule has 3 atom stereocenters. The highest BCUT2D eigenvalue weighted by Crippen LogP contribution is 2.55. The summed E-state index contributed by atoms with van der Waals surface area (Å²) in [6.07, 6.45) is 0.760. The molecule has 198 valence electrons. The fourth-order valence-corrected chi connectivity index (χ4v) is 4.89. The van der Waals surface area contributed by atoms with Crippen LogP contribution in [0.2, 0.25) is 0 Å². The standard InChI is InChI=1S/C25H29F3N6O3/c1-23(2,3)19(32-22(37)25(26,27)28)21(36)33-11-9-24(7-8-24)12-18(33)20(35)31-16(13-29)15-14-30-34-10-5-4-6-17(15)34/h4-6,10,14,16,18-19H,7-9,11-12H2,1-3H3,(H,31,35)(H,32,37)/t16?,18-,19+/m0/s1. The molecule has 12 heteroatoms. The second-order valence-electron chi connectivity index (χ2n) is 11.0. The lowest BCUT2D eigenvalue weighted by atomic mass is 9.82. The Morgan fingerprint density at radius 1 is 1.16 bits per heavy atom. The number of carbonyl (C=O) groups excluding carboxylic acids is 3. The number of halogens is 3. The quantitative estimate of drug-likeness (QED) is 0.631. The molecule has 1 saturated carbocycles. The SMILES string of the molecule is CC(C)(C)[C@H](NC(=O)C(F)(F)F)C(=O)N1CCC2(CC2)C[C@H]1C(=O)NC(C#N)c1cnn2ccccc12. The van der Waals surface area contributed by atoms with Crippen LogP contribution in [0.15, 0.2) is 30.6 Å². The third-order valence-corrected chi connectivity index (χ3v) is 7.26. The van der Waals surface area contributed by atoms with Crippen molar-refractivity contribution in [1.29, 1.82) is 5.26 Å². The molecule has 2 aromatic heterocycles. The molecule has 0 bridgehead atoms. The molecular weight excluding hydrogens is 489 g/mol. The number of piperidine rings is 1. The van der Waals surface area contributed by atoms with E-state index in [2.05, 4.69) is 16.5 Å². The van der Waals surface area contributed by atoms with Crippen molar-refractivity contribution >= 4 is 23.2 Å². The van der Waals surface area contributed by atoms with Crippen LogP contribution < -0.4 is 10.6 Å². The van der Waals surface area contributed by atoms with Crippen LogP contribution in [0, 0.1) is 22.2 Å². The second-order valence-corrected chi connectivity index (χ2v) is 11.0. The van der Waals surface area contributed by atoms with Crippen molar-refractivity contribution in [2.45, 2.75) is 70.8 Å². The zero-order valence-electron chi connectivity index (χ0n) is 20.8. The number of hydrogen-bond acceptors (Lipinski definition) is 5. The first kappa shape index (κ1) is 26.4. The molecule has 1 aliphatic carbocycles. The Bertz CT molecular complexity index is 1250. The van der Waals surface area contributed by atoms with Gasteiger partial charge in [-0.1, -0.05) is 26.8 Å². The van der Waals surface area contributed by atoms with Gasteiger partial charge >= 0.3 is 12.1 Å². The summed E-state index contributed by atoms with van der Waals surface area (Å²) in [5, 5.41) is 18.6. The Balaban J connectivity index is 1.60. The fraction of sp³-hybridized carbons (Fsp3) is 0.560. The molecule has 2 aromatic rings. The van der Waals surface area contributed by atoms with Gasteiger partial charge in [0.1, 0.15) is 18.1 Å². The Labute approximate surface area is 212 Å². The average molecular weight is 519 g/mol.